The van der Waals surface area contributed by atoms with Crippen molar-refractivity contribution in [3.63, 3.8) is 0 Å². The molecule has 112 valence electrons. The number of ether oxygens (including phenoxy) is 1. The van der Waals surface area contributed by atoms with Gasteiger partial charge in [0.2, 0.25) is 0 Å². The standard InChI is InChI=1S/C15H23BrN2O2/c1-3-13(4-2)18-15(19)10-20-14-6-5-12(16)9-11(14)7-8-17/h5-6,9,13H,3-4,7-8,10,17H2,1-2H3,(H,18,19). The average Bonchev–Trinajstić information content (AvgIpc) is 2.44. The molecule has 1 rings (SSSR count). The molecular weight excluding hydrogens is 320 g/mol. The third-order valence-electron chi connectivity index (χ3n) is 3.15. The number of halogens is 1. The smallest absolute Gasteiger partial charge is 0.258 e. The number of hydrogen-bond donors (Lipinski definition) is 2. The van der Waals surface area contributed by atoms with Gasteiger partial charge in [0.1, 0.15) is 5.75 Å². The first-order chi connectivity index (χ1) is 9.60. The van der Waals surface area contributed by atoms with E-state index in [1.807, 2.05) is 18.2 Å². The number of benzene rings is 1. The van der Waals surface area contributed by atoms with E-state index in [2.05, 4.69) is 35.1 Å². The fraction of sp³-hybridized carbons (Fsp3) is 0.533. The first kappa shape index (κ1) is 17.0. The maximum Gasteiger partial charge on any atom is 0.258 e. The minimum absolute atomic E-state index is 0.0374. The van der Waals surface area contributed by atoms with Crippen LogP contribution in [0.25, 0.3) is 0 Å². The van der Waals surface area contributed by atoms with Gasteiger partial charge in [-0.1, -0.05) is 29.8 Å². The van der Waals surface area contributed by atoms with E-state index < -0.39 is 0 Å². The fourth-order valence-electron chi connectivity index (χ4n) is 1.95. The summed E-state index contributed by atoms with van der Waals surface area (Å²) in [5.74, 6) is 0.638. The van der Waals surface area contributed by atoms with Gasteiger partial charge in [-0.15, -0.1) is 0 Å². The number of nitrogens with two attached hydrogens (primary N) is 1. The number of carbonyl (C=O) groups is 1. The second-order valence-electron chi connectivity index (χ2n) is 4.66. The minimum atomic E-state index is -0.0830. The molecule has 0 unspecified atom stereocenters. The van der Waals surface area contributed by atoms with Crippen LogP contribution in [0, 0.1) is 0 Å². The Kier molecular flexibility index (Phi) is 7.62. The molecule has 0 spiro atoms. The van der Waals surface area contributed by atoms with E-state index in [4.69, 9.17) is 10.5 Å². The third-order valence-corrected chi connectivity index (χ3v) is 3.64. The molecule has 1 amide bonds. The molecule has 0 radical (unpaired) electrons. The van der Waals surface area contributed by atoms with Gasteiger partial charge >= 0.3 is 0 Å². The van der Waals surface area contributed by atoms with Crippen molar-refractivity contribution in [3.8, 4) is 5.75 Å². The number of amides is 1. The lowest BCUT2D eigenvalue weighted by molar-refractivity contribution is -0.123. The summed E-state index contributed by atoms with van der Waals surface area (Å²) in [6.07, 6.45) is 2.58. The molecule has 0 aliphatic rings. The zero-order valence-electron chi connectivity index (χ0n) is 12.1. The van der Waals surface area contributed by atoms with Crippen molar-refractivity contribution in [2.24, 2.45) is 5.73 Å². The molecule has 3 N–H and O–H groups in total. The quantitative estimate of drug-likeness (QED) is 0.763. The van der Waals surface area contributed by atoms with Crippen molar-refractivity contribution in [2.45, 2.75) is 39.2 Å². The maximum absolute atomic E-state index is 11.8. The normalized spacial score (nSPS) is 10.7. The largest absolute Gasteiger partial charge is 0.483 e. The van der Waals surface area contributed by atoms with Crippen LogP contribution in [0.5, 0.6) is 5.75 Å². The Balaban J connectivity index is 2.58. The topological polar surface area (TPSA) is 64.3 Å². The highest BCUT2D eigenvalue weighted by atomic mass is 79.9. The van der Waals surface area contributed by atoms with E-state index in [-0.39, 0.29) is 18.6 Å². The maximum atomic E-state index is 11.8. The zero-order chi connectivity index (χ0) is 15.0. The van der Waals surface area contributed by atoms with Crippen LogP contribution in [-0.4, -0.2) is 25.1 Å². The van der Waals surface area contributed by atoms with Crippen molar-refractivity contribution >= 4 is 21.8 Å². The highest BCUT2D eigenvalue weighted by Crippen LogP contribution is 2.23. The van der Waals surface area contributed by atoms with Gasteiger partial charge in [-0.2, -0.15) is 0 Å². The first-order valence-corrected chi connectivity index (χ1v) is 7.80. The molecule has 0 bridgehead atoms. The van der Waals surface area contributed by atoms with Crippen LogP contribution in [0.2, 0.25) is 0 Å². The Morgan fingerprint density at radius 1 is 1.40 bits per heavy atom. The summed E-state index contributed by atoms with van der Waals surface area (Å²) in [5.41, 5.74) is 6.60. The Hall–Kier alpha value is -1.07. The van der Waals surface area contributed by atoms with Gasteiger partial charge < -0.3 is 15.8 Å². The third kappa shape index (κ3) is 5.51. The summed E-state index contributed by atoms with van der Waals surface area (Å²) in [7, 11) is 0. The zero-order valence-corrected chi connectivity index (χ0v) is 13.7. The number of rotatable bonds is 8. The van der Waals surface area contributed by atoms with E-state index in [0.29, 0.717) is 6.54 Å². The molecule has 0 saturated carbocycles. The summed E-state index contributed by atoms with van der Waals surface area (Å²) in [4.78, 5) is 11.8. The second-order valence-corrected chi connectivity index (χ2v) is 5.58. The molecule has 0 heterocycles. The molecule has 0 aliphatic carbocycles. The predicted octanol–water partition coefficient (Wildman–Crippen LogP) is 2.63. The van der Waals surface area contributed by atoms with Crippen LogP contribution in [0.3, 0.4) is 0 Å². The number of hydrogen-bond acceptors (Lipinski definition) is 3. The molecule has 1 aromatic rings. The predicted molar refractivity (Wildman–Crippen MR) is 84.9 cm³/mol. The lowest BCUT2D eigenvalue weighted by atomic mass is 10.1. The second kappa shape index (κ2) is 8.97. The van der Waals surface area contributed by atoms with E-state index >= 15 is 0 Å². The lowest BCUT2D eigenvalue weighted by Crippen LogP contribution is -2.37. The van der Waals surface area contributed by atoms with Gasteiger partial charge in [-0.3, -0.25) is 4.79 Å². The summed E-state index contributed by atoms with van der Waals surface area (Å²) in [6.45, 7) is 4.70. The van der Waals surface area contributed by atoms with Gasteiger partial charge in [0.05, 0.1) is 0 Å². The molecule has 4 nitrogen and oxygen atoms in total. The van der Waals surface area contributed by atoms with E-state index in [1.54, 1.807) is 0 Å². The summed E-state index contributed by atoms with van der Waals surface area (Å²) in [5, 5.41) is 2.95. The van der Waals surface area contributed by atoms with Crippen LogP contribution < -0.4 is 15.8 Å². The monoisotopic (exact) mass is 342 g/mol. The Morgan fingerprint density at radius 3 is 2.70 bits per heavy atom. The Bertz CT molecular complexity index is 434. The highest BCUT2D eigenvalue weighted by molar-refractivity contribution is 9.10. The molecule has 0 saturated heterocycles. The highest BCUT2D eigenvalue weighted by Gasteiger charge is 2.10. The van der Waals surface area contributed by atoms with Gasteiger partial charge in [-0.05, 0) is 49.6 Å². The van der Waals surface area contributed by atoms with Crippen molar-refractivity contribution in [2.75, 3.05) is 13.2 Å². The lowest BCUT2D eigenvalue weighted by Gasteiger charge is -2.16. The molecular formula is C15H23BrN2O2. The molecule has 5 heteroatoms. The van der Waals surface area contributed by atoms with Crippen LogP contribution in [0.15, 0.2) is 22.7 Å². The minimum Gasteiger partial charge on any atom is -0.483 e. The van der Waals surface area contributed by atoms with E-state index in [0.717, 1.165) is 35.0 Å². The van der Waals surface area contributed by atoms with Crippen LogP contribution >= 0.6 is 15.9 Å². The van der Waals surface area contributed by atoms with Crippen LogP contribution in [-0.2, 0) is 11.2 Å². The molecule has 0 aliphatic heterocycles. The van der Waals surface area contributed by atoms with Crippen molar-refractivity contribution < 1.29 is 9.53 Å². The van der Waals surface area contributed by atoms with E-state index in [1.165, 1.54) is 0 Å². The van der Waals surface area contributed by atoms with Crippen molar-refractivity contribution in [1.82, 2.24) is 5.32 Å². The Labute approximate surface area is 129 Å². The van der Waals surface area contributed by atoms with Crippen molar-refractivity contribution in [3.05, 3.63) is 28.2 Å². The van der Waals surface area contributed by atoms with Crippen molar-refractivity contribution in [1.29, 1.82) is 0 Å². The fourth-order valence-corrected chi connectivity index (χ4v) is 2.35. The average molecular weight is 343 g/mol. The summed E-state index contributed by atoms with van der Waals surface area (Å²) < 4.78 is 6.59. The SMILES string of the molecule is CCC(CC)NC(=O)COc1ccc(Br)cc1CCN. The first-order valence-electron chi connectivity index (χ1n) is 7.01. The van der Waals surface area contributed by atoms with Gasteiger partial charge in [-0.25, -0.2) is 0 Å². The van der Waals surface area contributed by atoms with Gasteiger partial charge in [0.15, 0.2) is 6.61 Å². The summed E-state index contributed by atoms with van der Waals surface area (Å²) >= 11 is 3.42. The Morgan fingerprint density at radius 2 is 2.10 bits per heavy atom. The van der Waals surface area contributed by atoms with Gasteiger partial charge in [0.25, 0.3) is 5.91 Å². The molecule has 1 aromatic carbocycles. The summed E-state index contributed by atoms with van der Waals surface area (Å²) in [6, 6.07) is 5.95. The van der Waals surface area contributed by atoms with Crippen LogP contribution in [0.1, 0.15) is 32.3 Å². The van der Waals surface area contributed by atoms with Crippen LogP contribution in [0.4, 0.5) is 0 Å². The molecule has 0 aromatic heterocycles. The number of nitrogens with one attached hydrogen (secondary N) is 1. The molecule has 0 atom stereocenters. The molecule has 0 fully saturated rings. The molecule has 20 heavy (non-hydrogen) atoms. The van der Waals surface area contributed by atoms with E-state index in [9.17, 15) is 4.79 Å². The van der Waals surface area contributed by atoms with Gasteiger partial charge in [0, 0.05) is 10.5 Å². The number of carbonyl (C=O) groups excluding carboxylic acids is 1.